The van der Waals surface area contributed by atoms with Crippen LogP contribution in [-0.2, 0) is 0 Å². The number of carbonyl (C=O) groups excluding carboxylic acids is 1. The molecular formula is C18H21ClN4O2S. The Morgan fingerprint density at radius 2 is 2.00 bits per heavy atom. The zero-order chi connectivity index (χ0) is 18.7. The van der Waals surface area contributed by atoms with Crippen molar-refractivity contribution in [3.63, 3.8) is 0 Å². The predicted octanol–water partition coefficient (Wildman–Crippen LogP) is 4.23. The van der Waals surface area contributed by atoms with Gasteiger partial charge in [-0.2, -0.15) is 0 Å². The standard InChI is InChI=1S/C18H21ClN4O2S/c1-4-22(5-2)10-11-23(17(24)14-8-9-20-25-14)18-21-15-12(3)6-7-13(19)16(15)26-18/h6-9H,4-5,10-11H2,1-3H3. The molecule has 0 saturated carbocycles. The van der Waals surface area contributed by atoms with Crippen LogP contribution in [0.2, 0.25) is 5.02 Å². The molecule has 3 aromatic rings. The van der Waals surface area contributed by atoms with Crippen molar-refractivity contribution in [1.82, 2.24) is 15.0 Å². The quantitative estimate of drug-likeness (QED) is 0.602. The van der Waals surface area contributed by atoms with Crippen LogP contribution >= 0.6 is 22.9 Å². The third-order valence-electron chi connectivity index (χ3n) is 4.34. The maximum Gasteiger partial charge on any atom is 0.298 e. The molecule has 0 radical (unpaired) electrons. The Kier molecular flexibility index (Phi) is 5.90. The lowest BCUT2D eigenvalue weighted by molar-refractivity contribution is 0.0948. The number of fused-ring (bicyclic) bond motifs is 1. The average Bonchev–Trinajstić information content (AvgIpc) is 3.32. The second-order valence-electron chi connectivity index (χ2n) is 5.90. The third-order valence-corrected chi connectivity index (χ3v) is 5.88. The van der Waals surface area contributed by atoms with Crippen LogP contribution in [0.4, 0.5) is 5.13 Å². The van der Waals surface area contributed by atoms with Crippen molar-refractivity contribution in [2.45, 2.75) is 20.8 Å². The van der Waals surface area contributed by atoms with E-state index in [1.165, 1.54) is 17.5 Å². The van der Waals surface area contributed by atoms with Gasteiger partial charge in [0, 0.05) is 19.2 Å². The van der Waals surface area contributed by atoms with Gasteiger partial charge in [-0.25, -0.2) is 4.98 Å². The number of anilines is 1. The Morgan fingerprint density at radius 3 is 2.62 bits per heavy atom. The van der Waals surface area contributed by atoms with E-state index in [-0.39, 0.29) is 11.7 Å². The highest BCUT2D eigenvalue weighted by Crippen LogP contribution is 2.36. The highest BCUT2D eigenvalue weighted by Gasteiger charge is 2.25. The molecule has 3 rings (SSSR count). The van der Waals surface area contributed by atoms with E-state index in [1.54, 1.807) is 11.0 Å². The average molecular weight is 393 g/mol. The van der Waals surface area contributed by atoms with Crippen LogP contribution in [0, 0.1) is 6.92 Å². The smallest absolute Gasteiger partial charge is 0.298 e. The number of aromatic nitrogens is 2. The van der Waals surface area contributed by atoms with Gasteiger partial charge in [0.2, 0.25) is 5.76 Å². The minimum absolute atomic E-state index is 0.201. The minimum Gasteiger partial charge on any atom is -0.351 e. The summed E-state index contributed by atoms with van der Waals surface area (Å²) in [4.78, 5) is 21.6. The van der Waals surface area contributed by atoms with Gasteiger partial charge in [0.05, 0.1) is 21.4 Å². The number of thiazole rings is 1. The zero-order valence-corrected chi connectivity index (χ0v) is 16.6. The molecule has 1 aromatic carbocycles. The predicted molar refractivity (Wildman–Crippen MR) is 105 cm³/mol. The number of hydrogen-bond donors (Lipinski definition) is 0. The molecule has 8 heteroatoms. The fraction of sp³-hybridized carbons (Fsp3) is 0.389. The van der Waals surface area contributed by atoms with Gasteiger partial charge in [-0.05, 0) is 31.6 Å². The molecule has 0 atom stereocenters. The lowest BCUT2D eigenvalue weighted by atomic mass is 10.2. The monoisotopic (exact) mass is 392 g/mol. The second kappa shape index (κ2) is 8.16. The van der Waals surface area contributed by atoms with E-state index in [9.17, 15) is 4.79 Å². The van der Waals surface area contributed by atoms with Crippen molar-refractivity contribution in [2.24, 2.45) is 0 Å². The molecule has 0 aliphatic carbocycles. The number of amides is 1. The number of aryl methyl sites for hydroxylation is 1. The van der Waals surface area contributed by atoms with Crippen LogP contribution in [0.15, 0.2) is 28.9 Å². The summed E-state index contributed by atoms with van der Waals surface area (Å²) in [6, 6.07) is 5.37. The van der Waals surface area contributed by atoms with Crippen LogP contribution in [0.1, 0.15) is 30.0 Å². The molecule has 1 amide bonds. The summed E-state index contributed by atoms with van der Waals surface area (Å²) in [5.41, 5.74) is 1.86. The molecule has 2 aromatic heterocycles. The number of halogens is 1. The molecule has 0 N–H and O–H groups in total. The highest BCUT2D eigenvalue weighted by molar-refractivity contribution is 7.23. The first-order valence-corrected chi connectivity index (χ1v) is 9.75. The third kappa shape index (κ3) is 3.75. The number of hydrogen-bond acceptors (Lipinski definition) is 6. The van der Waals surface area contributed by atoms with E-state index >= 15 is 0 Å². The van der Waals surface area contributed by atoms with Crippen molar-refractivity contribution in [2.75, 3.05) is 31.1 Å². The SMILES string of the molecule is CCN(CC)CCN(C(=O)c1ccno1)c1nc2c(C)ccc(Cl)c2s1. The van der Waals surface area contributed by atoms with Crippen LogP contribution in [0.3, 0.4) is 0 Å². The van der Waals surface area contributed by atoms with Gasteiger partial charge >= 0.3 is 0 Å². The van der Waals surface area contributed by atoms with E-state index in [2.05, 4.69) is 23.9 Å². The van der Waals surface area contributed by atoms with Gasteiger partial charge in [-0.1, -0.05) is 48.0 Å². The first-order chi connectivity index (χ1) is 12.5. The van der Waals surface area contributed by atoms with Gasteiger partial charge in [0.15, 0.2) is 5.13 Å². The Hall–Kier alpha value is -1.96. The van der Waals surface area contributed by atoms with Gasteiger partial charge in [-0.3, -0.25) is 9.69 Å². The zero-order valence-electron chi connectivity index (χ0n) is 15.0. The Balaban J connectivity index is 1.98. The minimum atomic E-state index is -0.248. The number of likely N-dealkylation sites (N-methyl/N-ethyl adjacent to an activating group) is 1. The van der Waals surface area contributed by atoms with Crippen molar-refractivity contribution in [1.29, 1.82) is 0 Å². The van der Waals surface area contributed by atoms with Crippen LogP contribution in [0.5, 0.6) is 0 Å². The van der Waals surface area contributed by atoms with E-state index in [0.717, 1.165) is 35.4 Å². The summed E-state index contributed by atoms with van der Waals surface area (Å²) in [5.74, 6) is -0.0471. The van der Waals surface area contributed by atoms with E-state index in [0.29, 0.717) is 16.7 Å². The van der Waals surface area contributed by atoms with Crippen molar-refractivity contribution < 1.29 is 9.32 Å². The molecule has 2 heterocycles. The molecular weight excluding hydrogens is 372 g/mol. The fourth-order valence-corrected chi connectivity index (χ4v) is 4.07. The Bertz CT molecular complexity index is 851. The molecule has 0 bridgehead atoms. The number of nitrogens with zero attached hydrogens (tertiary/aromatic N) is 4. The first kappa shape index (κ1) is 18.8. The van der Waals surface area contributed by atoms with Crippen molar-refractivity contribution >= 4 is 44.2 Å². The van der Waals surface area contributed by atoms with Crippen molar-refractivity contribution in [3.05, 3.63) is 40.7 Å². The first-order valence-electron chi connectivity index (χ1n) is 8.55. The maximum absolute atomic E-state index is 12.9. The van der Waals surface area contributed by atoms with Gasteiger partial charge in [-0.15, -0.1) is 0 Å². The molecule has 0 saturated heterocycles. The van der Waals surface area contributed by atoms with Crippen LogP contribution in [-0.4, -0.2) is 47.1 Å². The molecule has 0 aliphatic rings. The summed E-state index contributed by atoms with van der Waals surface area (Å²) in [7, 11) is 0. The summed E-state index contributed by atoms with van der Waals surface area (Å²) < 4.78 is 5.96. The number of carbonyl (C=O) groups is 1. The molecule has 0 aliphatic heterocycles. The van der Waals surface area contributed by atoms with Crippen LogP contribution < -0.4 is 4.90 Å². The van der Waals surface area contributed by atoms with E-state index in [1.807, 2.05) is 19.1 Å². The molecule has 0 spiro atoms. The fourth-order valence-electron chi connectivity index (χ4n) is 2.73. The largest absolute Gasteiger partial charge is 0.351 e. The Morgan fingerprint density at radius 1 is 1.23 bits per heavy atom. The second-order valence-corrected chi connectivity index (χ2v) is 7.28. The summed E-state index contributed by atoms with van der Waals surface area (Å²) in [6.07, 6.45) is 1.47. The number of benzene rings is 1. The molecule has 6 nitrogen and oxygen atoms in total. The van der Waals surface area contributed by atoms with E-state index < -0.39 is 0 Å². The molecule has 26 heavy (non-hydrogen) atoms. The topological polar surface area (TPSA) is 62.5 Å². The Labute approximate surface area is 161 Å². The molecule has 0 unspecified atom stereocenters. The lowest BCUT2D eigenvalue weighted by Gasteiger charge is -2.23. The summed E-state index contributed by atoms with van der Waals surface area (Å²) in [6.45, 7) is 9.30. The molecule has 0 fully saturated rings. The maximum atomic E-state index is 12.9. The number of rotatable bonds is 7. The van der Waals surface area contributed by atoms with Gasteiger partial charge in [0.25, 0.3) is 5.91 Å². The highest BCUT2D eigenvalue weighted by atomic mass is 35.5. The molecule has 138 valence electrons. The lowest BCUT2D eigenvalue weighted by Crippen LogP contribution is -2.38. The van der Waals surface area contributed by atoms with E-state index in [4.69, 9.17) is 21.1 Å². The van der Waals surface area contributed by atoms with Gasteiger partial charge < -0.3 is 9.42 Å². The summed E-state index contributed by atoms with van der Waals surface area (Å²) in [5, 5.41) is 4.91. The van der Waals surface area contributed by atoms with Crippen LogP contribution in [0.25, 0.3) is 10.2 Å². The normalized spacial score (nSPS) is 11.4. The summed E-state index contributed by atoms with van der Waals surface area (Å²) >= 11 is 7.75. The van der Waals surface area contributed by atoms with Crippen molar-refractivity contribution in [3.8, 4) is 0 Å². The van der Waals surface area contributed by atoms with Gasteiger partial charge in [0.1, 0.15) is 0 Å².